The molecule has 0 aromatic carbocycles. The van der Waals surface area contributed by atoms with Gasteiger partial charge in [0.05, 0.1) is 26.4 Å². The molecule has 0 aliphatic heterocycles. The van der Waals surface area contributed by atoms with Gasteiger partial charge in [-0.3, -0.25) is 0 Å². The van der Waals surface area contributed by atoms with Gasteiger partial charge in [0.1, 0.15) is 12.2 Å². The summed E-state index contributed by atoms with van der Waals surface area (Å²) in [6.07, 6.45) is 18.0. The summed E-state index contributed by atoms with van der Waals surface area (Å²) in [4.78, 5) is 66.0. The molecule has 0 aromatic heterocycles. The SMILES string of the molecule is C=CC(=O)OC1CCCC(OC(=O)C=C)C1.C=CC(=O)OCC1CCCC(COC(=O)C=C)C1.C=CC(=O)OCC1CCCCC1COC(=O)C=C. The second kappa shape index (κ2) is 27.0. The third-order valence-electron chi connectivity index (χ3n) is 8.90. The van der Waals surface area contributed by atoms with Crippen LogP contribution < -0.4 is 0 Å². The lowest BCUT2D eigenvalue weighted by molar-refractivity contribution is -0.152. The number of hydrogen-bond acceptors (Lipinski definition) is 12. The zero-order valence-corrected chi connectivity index (χ0v) is 30.4. The van der Waals surface area contributed by atoms with Crippen LogP contribution in [0.15, 0.2) is 75.9 Å². The van der Waals surface area contributed by atoms with E-state index in [1.165, 1.54) is 12.2 Å². The molecule has 12 heteroatoms. The first-order chi connectivity index (χ1) is 25.0. The van der Waals surface area contributed by atoms with Gasteiger partial charge in [-0.25, -0.2) is 28.8 Å². The molecule has 0 bridgehead atoms. The molecule has 3 saturated carbocycles. The third kappa shape index (κ3) is 20.2. The zero-order chi connectivity index (χ0) is 38.7. The summed E-state index contributed by atoms with van der Waals surface area (Å²) >= 11 is 0. The van der Waals surface area contributed by atoms with Crippen LogP contribution in [-0.2, 0) is 57.2 Å². The standard InChI is InChI=1S/2C14H20O4.C12H16O4/c1-3-13(15)17-9-11-6-5-7-12(8-11)10-18-14(16)4-2;1-3-13(15)17-9-11-7-5-6-8-12(11)10-18-14(16)4-2;1-3-11(13)15-9-6-5-7-10(8-9)16-12(14)4-2/h2*3-4,11-12H,1-2,5-10H2;3-4,9-10H,1-2,5-8H2. The third-order valence-corrected chi connectivity index (χ3v) is 8.90. The molecular weight excluding hydrogens is 672 g/mol. The van der Waals surface area contributed by atoms with Gasteiger partial charge >= 0.3 is 35.8 Å². The smallest absolute Gasteiger partial charge is 0.330 e. The van der Waals surface area contributed by atoms with E-state index in [-0.39, 0.29) is 36.0 Å². The highest BCUT2D eigenvalue weighted by Crippen LogP contribution is 2.31. The monoisotopic (exact) mass is 728 g/mol. The van der Waals surface area contributed by atoms with Crippen molar-refractivity contribution >= 4 is 35.8 Å². The summed E-state index contributed by atoms with van der Waals surface area (Å²) in [5.74, 6) is -1.18. The maximum absolute atomic E-state index is 11.0. The predicted molar refractivity (Wildman–Crippen MR) is 194 cm³/mol. The van der Waals surface area contributed by atoms with Crippen LogP contribution in [0.1, 0.15) is 77.0 Å². The Morgan fingerprint density at radius 1 is 0.404 bits per heavy atom. The fourth-order valence-electron chi connectivity index (χ4n) is 6.18. The molecule has 0 saturated heterocycles. The fraction of sp³-hybridized carbons (Fsp3) is 0.550. The van der Waals surface area contributed by atoms with E-state index >= 15 is 0 Å². The molecule has 6 atom stereocenters. The van der Waals surface area contributed by atoms with Gasteiger partial charge in [0.15, 0.2) is 0 Å². The minimum Gasteiger partial charge on any atom is -0.462 e. The predicted octanol–water partition coefficient (Wildman–Crippen LogP) is 6.26. The average Bonchev–Trinajstić information content (AvgIpc) is 3.17. The summed E-state index contributed by atoms with van der Waals surface area (Å²) < 4.78 is 30.5. The molecule has 0 radical (unpaired) electrons. The fourth-order valence-corrected chi connectivity index (χ4v) is 6.18. The Kier molecular flexibility index (Phi) is 23.5. The number of hydrogen-bond donors (Lipinski definition) is 0. The van der Waals surface area contributed by atoms with Crippen LogP contribution in [0.25, 0.3) is 0 Å². The van der Waals surface area contributed by atoms with Gasteiger partial charge in [0, 0.05) is 42.9 Å². The summed E-state index contributed by atoms with van der Waals surface area (Å²) in [7, 11) is 0. The van der Waals surface area contributed by atoms with Crippen LogP contribution in [0.2, 0.25) is 0 Å². The Morgan fingerprint density at radius 2 is 0.731 bits per heavy atom. The van der Waals surface area contributed by atoms with Crippen LogP contribution in [-0.4, -0.2) is 74.5 Å². The molecule has 3 aliphatic carbocycles. The first kappa shape index (κ1) is 45.3. The van der Waals surface area contributed by atoms with Gasteiger partial charge in [-0.1, -0.05) is 58.7 Å². The van der Waals surface area contributed by atoms with Crippen LogP contribution >= 0.6 is 0 Å². The first-order valence-corrected chi connectivity index (χ1v) is 17.8. The molecular formula is C40H56O12. The second-order valence-electron chi connectivity index (χ2n) is 12.7. The van der Waals surface area contributed by atoms with Crippen LogP contribution in [0.3, 0.4) is 0 Å². The second-order valence-corrected chi connectivity index (χ2v) is 12.7. The lowest BCUT2D eigenvalue weighted by Gasteiger charge is -2.30. The van der Waals surface area contributed by atoms with Gasteiger partial charge in [0.25, 0.3) is 0 Å². The number of carbonyl (C=O) groups is 6. The summed E-state index contributed by atoms with van der Waals surface area (Å²) in [5, 5.41) is 0. The largest absolute Gasteiger partial charge is 0.462 e. The van der Waals surface area contributed by atoms with E-state index in [0.717, 1.165) is 94.9 Å². The van der Waals surface area contributed by atoms with Gasteiger partial charge < -0.3 is 28.4 Å². The molecule has 12 nitrogen and oxygen atoms in total. The van der Waals surface area contributed by atoms with E-state index in [9.17, 15) is 28.8 Å². The Hall–Kier alpha value is -4.74. The minimum atomic E-state index is -0.430. The first-order valence-electron chi connectivity index (χ1n) is 17.8. The van der Waals surface area contributed by atoms with Crippen LogP contribution in [0, 0.1) is 23.7 Å². The molecule has 288 valence electrons. The molecule has 0 heterocycles. The lowest BCUT2D eigenvalue weighted by atomic mass is 9.80. The minimum absolute atomic E-state index is 0.179. The zero-order valence-electron chi connectivity index (χ0n) is 30.4. The van der Waals surface area contributed by atoms with Gasteiger partial charge in [-0.05, 0) is 75.0 Å². The van der Waals surface area contributed by atoms with E-state index in [1.807, 2.05) is 0 Å². The van der Waals surface area contributed by atoms with E-state index < -0.39 is 23.9 Å². The van der Waals surface area contributed by atoms with Crippen molar-refractivity contribution in [1.82, 2.24) is 0 Å². The summed E-state index contributed by atoms with van der Waals surface area (Å²) in [6.45, 7) is 21.7. The summed E-state index contributed by atoms with van der Waals surface area (Å²) in [5.41, 5.74) is 0. The number of carbonyl (C=O) groups excluding carboxylic acids is 6. The summed E-state index contributed by atoms with van der Waals surface area (Å²) in [6, 6.07) is 0. The number of esters is 6. The molecule has 3 fully saturated rings. The van der Waals surface area contributed by atoms with E-state index in [1.54, 1.807) is 0 Å². The average molecular weight is 729 g/mol. The van der Waals surface area contributed by atoms with Crippen LogP contribution in [0.5, 0.6) is 0 Å². The highest BCUT2D eigenvalue weighted by Gasteiger charge is 2.28. The molecule has 3 aliphatic rings. The van der Waals surface area contributed by atoms with Crippen molar-refractivity contribution in [3.63, 3.8) is 0 Å². The molecule has 0 aromatic rings. The Morgan fingerprint density at radius 3 is 1.08 bits per heavy atom. The van der Waals surface area contributed by atoms with Crippen molar-refractivity contribution in [1.29, 1.82) is 0 Å². The van der Waals surface area contributed by atoms with Crippen molar-refractivity contribution in [3.8, 4) is 0 Å². The van der Waals surface area contributed by atoms with E-state index in [4.69, 9.17) is 28.4 Å². The number of ether oxygens (including phenoxy) is 6. The van der Waals surface area contributed by atoms with Crippen molar-refractivity contribution in [2.75, 3.05) is 26.4 Å². The topological polar surface area (TPSA) is 158 Å². The molecule has 6 unspecified atom stereocenters. The Bertz CT molecular complexity index is 1150. The van der Waals surface area contributed by atoms with Crippen LogP contribution in [0.4, 0.5) is 0 Å². The molecule has 52 heavy (non-hydrogen) atoms. The maximum Gasteiger partial charge on any atom is 0.330 e. The van der Waals surface area contributed by atoms with Crippen molar-refractivity contribution < 1.29 is 57.2 Å². The maximum atomic E-state index is 11.0. The van der Waals surface area contributed by atoms with E-state index in [0.29, 0.717) is 44.7 Å². The van der Waals surface area contributed by atoms with Gasteiger partial charge in [-0.15, -0.1) is 0 Å². The molecule has 0 amide bonds. The van der Waals surface area contributed by atoms with Crippen molar-refractivity contribution in [2.24, 2.45) is 23.7 Å². The normalized spacial score (nSPS) is 23.3. The molecule has 0 spiro atoms. The number of rotatable bonds is 16. The lowest BCUT2D eigenvalue weighted by Crippen LogP contribution is -2.30. The molecule has 0 N–H and O–H groups in total. The highest BCUT2D eigenvalue weighted by atomic mass is 16.6. The van der Waals surface area contributed by atoms with Gasteiger partial charge in [0.2, 0.25) is 0 Å². The quantitative estimate of drug-likeness (QED) is 0.1000. The van der Waals surface area contributed by atoms with E-state index in [2.05, 4.69) is 39.5 Å². The van der Waals surface area contributed by atoms with Gasteiger partial charge in [-0.2, -0.15) is 0 Å². The Labute approximate surface area is 307 Å². The van der Waals surface area contributed by atoms with Crippen molar-refractivity contribution in [3.05, 3.63) is 75.9 Å². The molecule has 3 rings (SSSR count). The highest BCUT2D eigenvalue weighted by molar-refractivity contribution is 5.83. The van der Waals surface area contributed by atoms with Crippen molar-refractivity contribution in [2.45, 2.75) is 89.3 Å². The Balaban J connectivity index is 0.000000391.